The minimum absolute atomic E-state index is 0.622. The van der Waals surface area contributed by atoms with Crippen molar-refractivity contribution < 1.29 is 0 Å². The molecule has 1 aliphatic rings. The van der Waals surface area contributed by atoms with E-state index in [-0.39, 0.29) is 0 Å². The summed E-state index contributed by atoms with van der Waals surface area (Å²) in [4.78, 5) is 2.59. The Labute approximate surface area is 111 Å². The van der Waals surface area contributed by atoms with Crippen molar-refractivity contribution in [3.05, 3.63) is 35.4 Å². The van der Waals surface area contributed by atoms with Crippen molar-refractivity contribution in [1.82, 2.24) is 10.2 Å². The molecular formula is C16H26N2. The molecule has 0 aromatic heterocycles. The summed E-state index contributed by atoms with van der Waals surface area (Å²) in [6.07, 6.45) is 1.20. The van der Waals surface area contributed by atoms with Gasteiger partial charge in [0.2, 0.25) is 0 Å². The van der Waals surface area contributed by atoms with Gasteiger partial charge in [0, 0.05) is 25.7 Å². The van der Waals surface area contributed by atoms with Crippen molar-refractivity contribution in [3.63, 3.8) is 0 Å². The maximum absolute atomic E-state index is 3.56. The summed E-state index contributed by atoms with van der Waals surface area (Å²) in [6.45, 7) is 11.4. The third kappa shape index (κ3) is 3.56. The van der Waals surface area contributed by atoms with Crippen molar-refractivity contribution >= 4 is 0 Å². The highest BCUT2D eigenvalue weighted by Crippen LogP contribution is 2.19. The minimum atomic E-state index is 0.622. The van der Waals surface area contributed by atoms with Crippen LogP contribution in [0.5, 0.6) is 0 Å². The summed E-state index contributed by atoms with van der Waals surface area (Å²) in [6, 6.07) is 9.48. The molecule has 2 rings (SSSR count). The highest BCUT2D eigenvalue weighted by atomic mass is 15.2. The van der Waals surface area contributed by atoms with Gasteiger partial charge < -0.3 is 5.32 Å². The highest BCUT2D eigenvalue weighted by Gasteiger charge is 2.19. The van der Waals surface area contributed by atoms with E-state index in [0.717, 1.165) is 25.6 Å². The summed E-state index contributed by atoms with van der Waals surface area (Å²) in [7, 11) is 0. The van der Waals surface area contributed by atoms with Gasteiger partial charge in [0.05, 0.1) is 0 Å². The van der Waals surface area contributed by atoms with Crippen LogP contribution in [0, 0.1) is 5.92 Å². The molecular weight excluding hydrogens is 220 g/mol. The lowest BCUT2D eigenvalue weighted by Gasteiger charge is -2.34. The van der Waals surface area contributed by atoms with Crippen LogP contribution in [0.3, 0.4) is 0 Å². The van der Waals surface area contributed by atoms with E-state index in [1.165, 1.54) is 24.1 Å². The Morgan fingerprint density at radius 3 is 2.56 bits per heavy atom. The lowest BCUT2D eigenvalue weighted by atomic mass is 9.99. The molecule has 2 heteroatoms. The first-order valence-electron chi connectivity index (χ1n) is 7.18. The fraction of sp³-hybridized carbons (Fsp3) is 0.625. The van der Waals surface area contributed by atoms with Crippen LogP contribution in [0.1, 0.15) is 31.9 Å². The van der Waals surface area contributed by atoms with Crippen LogP contribution in [-0.4, -0.2) is 30.6 Å². The first-order valence-corrected chi connectivity index (χ1v) is 7.18. The predicted molar refractivity (Wildman–Crippen MR) is 77.7 cm³/mol. The fourth-order valence-corrected chi connectivity index (χ4v) is 2.60. The Morgan fingerprint density at radius 2 is 1.83 bits per heavy atom. The van der Waals surface area contributed by atoms with Crippen molar-refractivity contribution in [2.45, 2.75) is 39.8 Å². The Hall–Kier alpha value is -0.860. The summed E-state index contributed by atoms with van der Waals surface area (Å²) < 4.78 is 0. The van der Waals surface area contributed by atoms with Crippen LogP contribution in [0.4, 0.5) is 0 Å². The predicted octanol–water partition coefficient (Wildman–Crippen LogP) is 2.68. The van der Waals surface area contributed by atoms with E-state index in [0.29, 0.717) is 6.04 Å². The van der Waals surface area contributed by atoms with E-state index in [1.807, 2.05) is 0 Å². The van der Waals surface area contributed by atoms with E-state index in [2.05, 4.69) is 55.3 Å². The molecule has 0 spiro atoms. The van der Waals surface area contributed by atoms with Crippen molar-refractivity contribution in [3.8, 4) is 0 Å². The molecule has 1 heterocycles. The van der Waals surface area contributed by atoms with Gasteiger partial charge in [-0.1, -0.05) is 38.1 Å². The van der Waals surface area contributed by atoms with Crippen LogP contribution in [0.2, 0.25) is 0 Å². The monoisotopic (exact) mass is 246 g/mol. The van der Waals surface area contributed by atoms with E-state index in [1.54, 1.807) is 0 Å². The SMILES string of the molecule is CC(C)CNCC(C)N1CCc2ccccc2C1. The van der Waals surface area contributed by atoms with E-state index < -0.39 is 0 Å². The van der Waals surface area contributed by atoms with Gasteiger partial charge in [0.25, 0.3) is 0 Å². The van der Waals surface area contributed by atoms with Crippen molar-refractivity contribution in [2.24, 2.45) is 5.92 Å². The van der Waals surface area contributed by atoms with E-state index >= 15 is 0 Å². The fourth-order valence-electron chi connectivity index (χ4n) is 2.60. The van der Waals surface area contributed by atoms with Gasteiger partial charge in [-0.25, -0.2) is 0 Å². The Kier molecular flexibility index (Phi) is 4.79. The molecule has 0 amide bonds. The second kappa shape index (κ2) is 6.35. The zero-order chi connectivity index (χ0) is 13.0. The average molecular weight is 246 g/mol. The Morgan fingerprint density at radius 1 is 1.11 bits per heavy atom. The summed E-state index contributed by atoms with van der Waals surface area (Å²) in [5, 5.41) is 3.56. The van der Waals surface area contributed by atoms with Gasteiger partial charge in [-0.05, 0) is 36.9 Å². The number of hydrogen-bond donors (Lipinski definition) is 1. The molecule has 0 radical (unpaired) electrons. The first-order chi connectivity index (χ1) is 8.66. The van der Waals surface area contributed by atoms with Crippen LogP contribution in [0.25, 0.3) is 0 Å². The Balaban J connectivity index is 1.84. The van der Waals surface area contributed by atoms with E-state index in [4.69, 9.17) is 0 Å². The maximum atomic E-state index is 3.56. The number of nitrogens with zero attached hydrogens (tertiary/aromatic N) is 1. The molecule has 0 saturated carbocycles. The van der Waals surface area contributed by atoms with Crippen LogP contribution in [0.15, 0.2) is 24.3 Å². The van der Waals surface area contributed by atoms with Gasteiger partial charge in [0.1, 0.15) is 0 Å². The van der Waals surface area contributed by atoms with Gasteiger partial charge >= 0.3 is 0 Å². The lowest BCUT2D eigenvalue weighted by Crippen LogP contribution is -2.43. The smallest absolute Gasteiger partial charge is 0.0239 e. The topological polar surface area (TPSA) is 15.3 Å². The zero-order valence-electron chi connectivity index (χ0n) is 11.9. The number of benzene rings is 1. The number of hydrogen-bond acceptors (Lipinski definition) is 2. The number of rotatable bonds is 5. The second-order valence-electron chi connectivity index (χ2n) is 5.89. The molecule has 0 bridgehead atoms. The van der Waals surface area contributed by atoms with E-state index in [9.17, 15) is 0 Å². The van der Waals surface area contributed by atoms with Crippen molar-refractivity contribution in [2.75, 3.05) is 19.6 Å². The third-order valence-electron chi connectivity index (χ3n) is 3.78. The summed E-state index contributed by atoms with van der Waals surface area (Å²) >= 11 is 0. The number of fused-ring (bicyclic) bond motifs is 1. The van der Waals surface area contributed by atoms with Crippen LogP contribution in [-0.2, 0) is 13.0 Å². The van der Waals surface area contributed by atoms with Crippen molar-refractivity contribution in [1.29, 1.82) is 0 Å². The quantitative estimate of drug-likeness (QED) is 0.859. The first kappa shape index (κ1) is 13.6. The number of nitrogens with one attached hydrogen (secondary N) is 1. The molecule has 1 aromatic carbocycles. The second-order valence-corrected chi connectivity index (χ2v) is 5.89. The molecule has 100 valence electrons. The molecule has 1 N–H and O–H groups in total. The average Bonchev–Trinajstić information content (AvgIpc) is 2.37. The van der Waals surface area contributed by atoms with Gasteiger partial charge in [-0.15, -0.1) is 0 Å². The normalized spacial score (nSPS) is 17.8. The molecule has 0 saturated heterocycles. The molecule has 2 nitrogen and oxygen atoms in total. The zero-order valence-corrected chi connectivity index (χ0v) is 11.9. The largest absolute Gasteiger partial charge is 0.315 e. The minimum Gasteiger partial charge on any atom is -0.315 e. The summed E-state index contributed by atoms with van der Waals surface area (Å²) in [5.74, 6) is 0.735. The molecule has 1 aliphatic heterocycles. The standard InChI is InChI=1S/C16H26N2/c1-13(2)10-17-11-14(3)18-9-8-15-6-4-5-7-16(15)12-18/h4-7,13-14,17H,8-12H2,1-3H3. The maximum Gasteiger partial charge on any atom is 0.0239 e. The molecule has 0 fully saturated rings. The highest BCUT2D eigenvalue weighted by molar-refractivity contribution is 5.29. The molecule has 18 heavy (non-hydrogen) atoms. The summed E-state index contributed by atoms with van der Waals surface area (Å²) in [5.41, 5.74) is 3.05. The van der Waals surface area contributed by atoms with Gasteiger partial charge in [-0.2, -0.15) is 0 Å². The van der Waals surface area contributed by atoms with Crippen LogP contribution >= 0.6 is 0 Å². The Bertz CT molecular complexity index is 373. The lowest BCUT2D eigenvalue weighted by molar-refractivity contribution is 0.186. The molecule has 0 aliphatic carbocycles. The van der Waals surface area contributed by atoms with Gasteiger partial charge in [-0.3, -0.25) is 4.90 Å². The molecule has 1 unspecified atom stereocenters. The molecule has 1 atom stereocenters. The van der Waals surface area contributed by atoms with Gasteiger partial charge in [0.15, 0.2) is 0 Å². The molecule has 1 aromatic rings. The van der Waals surface area contributed by atoms with Crippen LogP contribution < -0.4 is 5.32 Å². The third-order valence-corrected chi connectivity index (χ3v) is 3.78.